The van der Waals surface area contributed by atoms with Crippen LogP contribution in [-0.2, 0) is 0 Å². The van der Waals surface area contributed by atoms with Crippen LogP contribution in [0.1, 0.15) is 75.1 Å². The predicted molar refractivity (Wildman–Crippen MR) is 83.2 cm³/mol. The number of rotatable bonds is 6. The van der Waals surface area contributed by atoms with E-state index < -0.39 is 0 Å². The number of carbonyl (C=O) groups is 2. The molecule has 0 unspecified atom stereocenters. The molecule has 0 radical (unpaired) electrons. The molecule has 1 rings (SSSR count). The van der Waals surface area contributed by atoms with Gasteiger partial charge in [0.1, 0.15) is 0 Å². The van der Waals surface area contributed by atoms with Crippen molar-refractivity contribution in [3.8, 4) is 0 Å². The van der Waals surface area contributed by atoms with Crippen LogP contribution < -0.4 is 0 Å². The summed E-state index contributed by atoms with van der Waals surface area (Å²) in [6.45, 7) is 11.8. The van der Waals surface area contributed by atoms with Crippen LogP contribution in [0.25, 0.3) is 0 Å². The average Bonchev–Trinajstić information content (AvgIpc) is 2.45. The van der Waals surface area contributed by atoms with Crippen molar-refractivity contribution < 1.29 is 9.59 Å². The zero-order chi connectivity index (χ0) is 15.6. The smallest absolute Gasteiger partial charge is 0.168 e. The van der Waals surface area contributed by atoms with Gasteiger partial charge in [-0.05, 0) is 18.9 Å². The van der Waals surface area contributed by atoms with Gasteiger partial charge >= 0.3 is 0 Å². The summed E-state index contributed by atoms with van der Waals surface area (Å²) in [5.41, 5.74) is 0.494. The lowest BCUT2D eigenvalue weighted by Gasteiger charge is -2.23. The fourth-order valence-corrected chi connectivity index (χ4v) is 1.90. The van der Waals surface area contributed by atoms with E-state index in [4.69, 9.17) is 0 Å². The van der Waals surface area contributed by atoms with Gasteiger partial charge in [0.15, 0.2) is 11.6 Å². The third-order valence-corrected chi connectivity index (χ3v) is 4.38. The van der Waals surface area contributed by atoms with Crippen LogP contribution in [0, 0.1) is 10.8 Å². The molecule has 0 saturated carbocycles. The Labute approximate surface area is 122 Å². The van der Waals surface area contributed by atoms with Crippen LogP contribution in [0.2, 0.25) is 0 Å². The van der Waals surface area contributed by atoms with Gasteiger partial charge in [-0.3, -0.25) is 9.59 Å². The largest absolute Gasteiger partial charge is 0.294 e. The molecule has 0 aliphatic carbocycles. The molecule has 0 heterocycles. The summed E-state index contributed by atoms with van der Waals surface area (Å²) in [5, 5.41) is 0. The van der Waals surface area contributed by atoms with Gasteiger partial charge in [-0.25, -0.2) is 0 Å². The molecule has 0 aliphatic heterocycles. The monoisotopic (exact) mass is 274 g/mol. The highest BCUT2D eigenvalue weighted by Gasteiger charge is 2.29. The fourth-order valence-electron chi connectivity index (χ4n) is 1.90. The van der Waals surface area contributed by atoms with Gasteiger partial charge in [-0.1, -0.05) is 59.7 Å². The fraction of sp³-hybridized carbons (Fsp3) is 0.556. The average molecular weight is 274 g/mol. The van der Waals surface area contributed by atoms with E-state index in [-0.39, 0.29) is 22.4 Å². The minimum Gasteiger partial charge on any atom is -0.294 e. The molecular formula is C18H26O2. The molecule has 0 bridgehead atoms. The summed E-state index contributed by atoms with van der Waals surface area (Å²) < 4.78 is 0. The Bertz CT molecular complexity index is 467. The van der Waals surface area contributed by atoms with E-state index in [0.717, 1.165) is 12.8 Å². The van der Waals surface area contributed by atoms with E-state index in [0.29, 0.717) is 11.1 Å². The molecule has 2 nitrogen and oxygen atoms in total. The van der Waals surface area contributed by atoms with Crippen molar-refractivity contribution in [1.29, 1.82) is 0 Å². The standard InChI is InChI=1S/C18H26O2/c1-7-17(3,4)15(19)13-10-9-11-14(12-13)16(20)18(5,6)8-2/h9-12H,7-8H2,1-6H3. The third-order valence-electron chi connectivity index (χ3n) is 4.38. The lowest BCUT2D eigenvalue weighted by atomic mass is 9.79. The van der Waals surface area contributed by atoms with E-state index in [9.17, 15) is 9.59 Å². The first-order chi connectivity index (χ1) is 9.15. The predicted octanol–water partition coefficient (Wildman–Crippen LogP) is 4.92. The molecule has 0 aromatic heterocycles. The molecule has 110 valence electrons. The first kappa shape index (κ1) is 16.6. The Morgan fingerprint density at radius 2 is 1.20 bits per heavy atom. The summed E-state index contributed by atoms with van der Waals surface area (Å²) in [4.78, 5) is 25.0. The molecule has 0 N–H and O–H groups in total. The van der Waals surface area contributed by atoms with Crippen LogP contribution in [0.5, 0.6) is 0 Å². The Morgan fingerprint density at radius 1 is 0.850 bits per heavy atom. The maximum atomic E-state index is 12.5. The van der Waals surface area contributed by atoms with E-state index in [1.807, 2.05) is 41.5 Å². The molecule has 0 aliphatic rings. The van der Waals surface area contributed by atoms with E-state index in [1.54, 1.807) is 24.3 Å². The van der Waals surface area contributed by atoms with Crippen LogP contribution in [0.4, 0.5) is 0 Å². The van der Waals surface area contributed by atoms with Crippen molar-refractivity contribution in [2.45, 2.75) is 54.4 Å². The Hall–Kier alpha value is -1.44. The van der Waals surface area contributed by atoms with Crippen LogP contribution in [-0.4, -0.2) is 11.6 Å². The number of benzene rings is 1. The van der Waals surface area contributed by atoms with E-state index in [2.05, 4.69) is 0 Å². The topological polar surface area (TPSA) is 34.1 Å². The maximum Gasteiger partial charge on any atom is 0.168 e. The van der Waals surface area contributed by atoms with Crippen molar-refractivity contribution in [2.75, 3.05) is 0 Å². The minimum atomic E-state index is -0.387. The lowest BCUT2D eigenvalue weighted by molar-refractivity contribution is 0.0830. The highest BCUT2D eigenvalue weighted by atomic mass is 16.1. The van der Waals surface area contributed by atoms with Crippen molar-refractivity contribution in [1.82, 2.24) is 0 Å². The maximum absolute atomic E-state index is 12.5. The highest BCUT2D eigenvalue weighted by molar-refractivity contribution is 6.04. The van der Waals surface area contributed by atoms with Crippen molar-refractivity contribution in [2.24, 2.45) is 10.8 Å². The van der Waals surface area contributed by atoms with E-state index in [1.165, 1.54) is 0 Å². The molecule has 0 atom stereocenters. The summed E-state index contributed by atoms with van der Waals surface area (Å²) in [7, 11) is 0. The zero-order valence-electron chi connectivity index (χ0n) is 13.5. The van der Waals surface area contributed by atoms with Gasteiger partial charge < -0.3 is 0 Å². The van der Waals surface area contributed by atoms with E-state index >= 15 is 0 Å². The second-order valence-electron chi connectivity index (χ2n) is 6.71. The highest BCUT2D eigenvalue weighted by Crippen LogP contribution is 2.29. The number of Topliss-reactive ketones (excluding diaryl/α,β-unsaturated/α-hetero) is 2. The summed E-state index contributed by atoms with van der Waals surface area (Å²) in [5.74, 6) is 0.202. The molecule has 0 amide bonds. The molecule has 1 aromatic carbocycles. The lowest BCUT2D eigenvalue weighted by Crippen LogP contribution is -2.25. The summed E-state index contributed by atoms with van der Waals surface area (Å²) in [6, 6.07) is 7.16. The Kier molecular flexibility index (Phi) is 4.90. The van der Waals surface area contributed by atoms with Gasteiger partial charge in [-0.2, -0.15) is 0 Å². The van der Waals surface area contributed by atoms with Crippen molar-refractivity contribution in [3.05, 3.63) is 35.4 Å². The SMILES string of the molecule is CCC(C)(C)C(=O)c1cccc(C(=O)C(C)(C)CC)c1. The number of hydrogen-bond donors (Lipinski definition) is 0. The number of ketones is 2. The molecular weight excluding hydrogens is 248 g/mol. The van der Waals surface area contributed by atoms with Crippen LogP contribution in [0.3, 0.4) is 0 Å². The van der Waals surface area contributed by atoms with Crippen LogP contribution in [0.15, 0.2) is 24.3 Å². The third kappa shape index (κ3) is 3.36. The number of carbonyl (C=O) groups excluding carboxylic acids is 2. The van der Waals surface area contributed by atoms with Gasteiger partial charge in [0.05, 0.1) is 0 Å². The molecule has 20 heavy (non-hydrogen) atoms. The molecule has 0 saturated heterocycles. The molecule has 0 spiro atoms. The Balaban J connectivity index is 3.16. The van der Waals surface area contributed by atoms with Gasteiger partial charge in [0.2, 0.25) is 0 Å². The number of hydrogen-bond acceptors (Lipinski definition) is 2. The summed E-state index contributed by atoms with van der Waals surface area (Å²) >= 11 is 0. The van der Waals surface area contributed by atoms with Gasteiger partial charge in [0.25, 0.3) is 0 Å². The first-order valence-electron chi connectivity index (χ1n) is 7.35. The second kappa shape index (κ2) is 5.90. The summed E-state index contributed by atoms with van der Waals surface area (Å²) in [6.07, 6.45) is 1.56. The quantitative estimate of drug-likeness (QED) is 0.690. The normalized spacial score (nSPS) is 12.3. The van der Waals surface area contributed by atoms with Crippen molar-refractivity contribution in [3.63, 3.8) is 0 Å². The Morgan fingerprint density at radius 3 is 1.50 bits per heavy atom. The van der Waals surface area contributed by atoms with Crippen molar-refractivity contribution >= 4 is 11.6 Å². The molecule has 0 fully saturated rings. The molecule has 1 aromatic rings. The second-order valence-corrected chi connectivity index (χ2v) is 6.71. The zero-order valence-corrected chi connectivity index (χ0v) is 13.5. The van der Waals surface area contributed by atoms with Gasteiger partial charge in [-0.15, -0.1) is 0 Å². The van der Waals surface area contributed by atoms with Crippen LogP contribution >= 0.6 is 0 Å². The molecule has 2 heteroatoms. The van der Waals surface area contributed by atoms with Gasteiger partial charge in [0, 0.05) is 22.0 Å². The minimum absolute atomic E-state index is 0.101. The first-order valence-corrected chi connectivity index (χ1v) is 7.35.